The lowest BCUT2D eigenvalue weighted by molar-refractivity contribution is 0.0266. The first-order chi connectivity index (χ1) is 12.7. The smallest absolute Gasteiger partial charge is 0.410 e. The van der Waals surface area contributed by atoms with Crippen molar-refractivity contribution in [3.05, 3.63) is 34.6 Å². The van der Waals surface area contributed by atoms with E-state index in [1.165, 1.54) is 0 Å². The van der Waals surface area contributed by atoms with Gasteiger partial charge in [0.05, 0.1) is 10.9 Å². The summed E-state index contributed by atoms with van der Waals surface area (Å²) in [6.07, 6.45) is 1.58. The Bertz CT molecular complexity index is 863. The van der Waals surface area contributed by atoms with E-state index in [-0.39, 0.29) is 11.7 Å². The Hall–Kier alpha value is -2.57. The van der Waals surface area contributed by atoms with E-state index in [4.69, 9.17) is 4.74 Å². The Morgan fingerprint density at radius 3 is 2.63 bits per heavy atom. The lowest BCUT2D eigenvalue weighted by Crippen LogP contribution is -2.41. The molecule has 1 saturated heterocycles. The van der Waals surface area contributed by atoms with Crippen LogP contribution in [0.2, 0.25) is 0 Å². The van der Waals surface area contributed by atoms with Gasteiger partial charge in [-0.1, -0.05) is 12.1 Å². The number of nitrogens with one attached hydrogen (secondary N) is 1. The highest BCUT2D eigenvalue weighted by Crippen LogP contribution is 2.22. The number of aromatic amines is 1. The number of carbonyl (C=O) groups excluding carboxylic acids is 1. The van der Waals surface area contributed by atoms with Crippen LogP contribution < -0.4 is 10.5 Å². The van der Waals surface area contributed by atoms with Gasteiger partial charge in [-0.15, -0.1) is 0 Å². The number of hydrogen-bond donors (Lipinski definition) is 1. The number of rotatable bonds is 3. The van der Waals surface area contributed by atoms with Crippen LogP contribution in [-0.4, -0.2) is 53.2 Å². The molecule has 1 fully saturated rings. The van der Waals surface area contributed by atoms with E-state index in [0.29, 0.717) is 29.3 Å². The fraction of sp³-hybridized carbons (Fsp3) is 0.550. The highest BCUT2D eigenvalue weighted by molar-refractivity contribution is 5.78. The number of aromatic nitrogens is 2. The molecule has 27 heavy (non-hydrogen) atoms. The molecule has 0 unspecified atom stereocenters. The Morgan fingerprint density at radius 2 is 1.96 bits per heavy atom. The molecule has 1 aliphatic rings. The summed E-state index contributed by atoms with van der Waals surface area (Å²) in [7, 11) is 1.78. The summed E-state index contributed by atoms with van der Waals surface area (Å²) in [6, 6.07) is 7.36. The summed E-state index contributed by atoms with van der Waals surface area (Å²) in [5, 5.41) is 0.607. The highest BCUT2D eigenvalue weighted by atomic mass is 16.6. The second-order valence-corrected chi connectivity index (χ2v) is 8.20. The summed E-state index contributed by atoms with van der Waals surface area (Å²) < 4.78 is 5.41. The number of anilines is 1. The van der Waals surface area contributed by atoms with Crippen molar-refractivity contribution < 1.29 is 9.53 Å². The third kappa shape index (κ3) is 4.78. The van der Waals surface area contributed by atoms with Crippen LogP contribution in [0.3, 0.4) is 0 Å². The van der Waals surface area contributed by atoms with Crippen molar-refractivity contribution >= 4 is 22.9 Å². The largest absolute Gasteiger partial charge is 0.444 e. The Morgan fingerprint density at radius 1 is 1.30 bits per heavy atom. The molecule has 1 N–H and O–H groups in total. The number of hydrogen-bond acceptors (Lipinski definition) is 5. The van der Waals surface area contributed by atoms with E-state index in [0.717, 1.165) is 25.9 Å². The van der Waals surface area contributed by atoms with E-state index >= 15 is 0 Å². The van der Waals surface area contributed by atoms with Crippen molar-refractivity contribution in [1.29, 1.82) is 0 Å². The van der Waals surface area contributed by atoms with Crippen molar-refractivity contribution in [2.24, 2.45) is 5.92 Å². The van der Waals surface area contributed by atoms with Gasteiger partial charge in [-0.2, -0.15) is 0 Å². The van der Waals surface area contributed by atoms with Crippen LogP contribution in [0.15, 0.2) is 29.1 Å². The molecule has 0 radical (unpaired) electrons. The first-order valence-corrected chi connectivity index (χ1v) is 9.41. The molecule has 0 spiro atoms. The highest BCUT2D eigenvalue weighted by Gasteiger charge is 2.25. The Balaban J connectivity index is 1.59. The lowest BCUT2D eigenvalue weighted by Gasteiger charge is -2.34. The number of benzene rings is 1. The first kappa shape index (κ1) is 19.2. The second kappa shape index (κ2) is 7.58. The van der Waals surface area contributed by atoms with E-state index in [9.17, 15) is 9.59 Å². The van der Waals surface area contributed by atoms with E-state index in [1.54, 1.807) is 18.0 Å². The number of fused-ring (bicyclic) bond motifs is 1. The molecule has 0 atom stereocenters. The quantitative estimate of drug-likeness (QED) is 0.896. The number of amides is 1. The fourth-order valence-electron chi connectivity index (χ4n) is 3.35. The predicted molar refractivity (Wildman–Crippen MR) is 106 cm³/mol. The number of piperidine rings is 1. The molecule has 1 aromatic heterocycles. The molecule has 1 aliphatic heterocycles. The van der Waals surface area contributed by atoms with Crippen LogP contribution >= 0.6 is 0 Å². The molecule has 3 rings (SSSR count). The lowest BCUT2D eigenvalue weighted by atomic mass is 9.96. The number of H-pyrrole nitrogens is 1. The molecule has 7 heteroatoms. The van der Waals surface area contributed by atoms with Gasteiger partial charge in [0.15, 0.2) is 0 Å². The minimum atomic E-state index is -0.484. The van der Waals surface area contributed by atoms with Crippen LogP contribution in [0.25, 0.3) is 10.9 Å². The van der Waals surface area contributed by atoms with Crippen molar-refractivity contribution in [1.82, 2.24) is 14.9 Å². The van der Waals surface area contributed by atoms with E-state index in [2.05, 4.69) is 14.9 Å². The summed E-state index contributed by atoms with van der Waals surface area (Å²) >= 11 is 0. The van der Waals surface area contributed by atoms with Crippen molar-refractivity contribution in [2.45, 2.75) is 39.2 Å². The SMILES string of the molecule is CN(CC1CCN(c2nc3ccccc3c(=O)[nH]2)CC1)C(=O)OC(C)(C)C. The third-order valence-electron chi connectivity index (χ3n) is 4.75. The van der Waals surface area contributed by atoms with Gasteiger partial charge in [0, 0.05) is 26.7 Å². The predicted octanol–water partition coefficient (Wildman–Crippen LogP) is 3.01. The van der Waals surface area contributed by atoms with Gasteiger partial charge < -0.3 is 14.5 Å². The Labute approximate surface area is 159 Å². The molecular weight excluding hydrogens is 344 g/mol. The normalized spacial score (nSPS) is 15.8. The number of nitrogens with zero attached hydrogens (tertiary/aromatic N) is 3. The Kier molecular flexibility index (Phi) is 5.39. The van der Waals surface area contributed by atoms with Crippen LogP contribution in [0, 0.1) is 5.92 Å². The molecule has 146 valence electrons. The minimum absolute atomic E-state index is 0.109. The van der Waals surface area contributed by atoms with Crippen LogP contribution in [0.1, 0.15) is 33.6 Å². The zero-order valence-electron chi connectivity index (χ0n) is 16.5. The maximum atomic E-state index is 12.3. The standard InChI is InChI=1S/C20H28N4O3/c1-20(2,3)27-19(26)23(4)13-14-9-11-24(12-10-14)18-21-16-8-6-5-7-15(16)17(25)22-18/h5-8,14H,9-13H2,1-4H3,(H,21,22,25). The maximum absolute atomic E-state index is 12.3. The summed E-state index contributed by atoms with van der Waals surface area (Å²) in [4.78, 5) is 35.6. The number of ether oxygens (including phenoxy) is 1. The molecule has 1 aromatic carbocycles. The molecule has 2 heterocycles. The van der Waals surface area contributed by atoms with Gasteiger partial charge in [0.2, 0.25) is 5.95 Å². The molecule has 0 aliphatic carbocycles. The van der Waals surface area contributed by atoms with Gasteiger partial charge in [-0.25, -0.2) is 9.78 Å². The zero-order chi connectivity index (χ0) is 19.6. The molecule has 0 saturated carbocycles. The van der Waals surface area contributed by atoms with Crippen LogP contribution in [-0.2, 0) is 4.74 Å². The van der Waals surface area contributed by atoms with Gasteiger partial charge in [-0.05, 0) is 51.7 Å². The van der Waals surface area contributed by atoms with Crippen molar-refractivity contribution in [3.63, 3.8) is 0 Å². The second-order valence-electron chi connectivity index (χ2n) is 8.20. The van der Waals surface area contributed by atoms with Gasteiger partial charge in [0.25, 0.3) is 5.56 Å². The van der Waals surface area contributed by atoms with Crippen LogP contribution in [0.5, 0.6) is 0 Å². The fourth-order valence-corrected chi connectivity index (χ4v) is 3.35. The summed E-state index contributed by atoms with van der Waals surface area (Å²) in [6.45, 7) is 7.88. The van der Waals surface area contributed by atoms with Crippen molar-refractivity contribution in [3.8, 4) is 0 Å². The monoisotopic (exact) mass is 372 g/mol. The summed E-state index contributed by atoms with van der Waals surface area (Å²) in [5.41, 5.74) is 0.118. The molecule has 1 amide bonds. The molecular formula is C20H28N4O3. The average Bonchev–Trinajstić information content (AvgIpc) is 2.61. The topological polar surface area (TPSA) is 78.5 Å². The van der Waals surface area contributed by atoms with E-state index in [1.807, 2.05) is 39.0 Å². The van der Waals surface area contributed by atoms with Crippen LogP contribution in [0.4, 0.5) is 10.7 Å². The third-order valence-corrected chi connectivity index (χ3v) is 4.75. The average molecular weight is 372 g/mol. The minimum Gasteiger partial charge on any atom is -0.444 e. The number of carbonyl (C=O) groups is 1. The first-order valence-electron chi connectivity index (χ1n) is 9.41. The van der Waals surface area contributed by atoms with Crippen molar-refractivity contribution in [2.75, 3.05) is 31.6 Å². The van der Waals surface area contributed by atoms with Gasteiger partial charge in [-0.3, -0.25) is 9.78 Å². The maximum Gasteiger partial charge on any atom is 0.410 e. The van der Waals surface area contributed by atoms with E-state index < -0.39 is 5.60 Å². The molecule has 7 nitrogen and oxygen atoms in total. The van der Waals surface area contributed by atoms with Gasteiger partial charge >= 0.3 is 6.09 Å². The van der Waals surface area contributed by atoms with Gasteiger partial charge in [0.1, 0.15) is 5.60 Å². The number of para-hydroxylation sites is 1. The molecule has 2 aromatic rings. The molecule has 0 bridgehead atoms. The summed E-state index contributed by atoms with van der Waals surface area (Å²) in [5.74, 6) is 1.03. The zero-order valence-corrected chi connectivity index (χ0v) is 16.5.